The van der Waals surface area contributed by atoms with Gasteiger partial charge in [0.1, 0.15) is 0 Å². The number of methoxy groups -OCH3 is 1. The van der Waals surface area contributed by atoms with Crippen molar-refractivity contribution in [1.82, 2.24) is 10.2 Å². The molecule has 1 heterocycles. The van der Waals surface area contributed by atoms with Crippen LogP contribution < -0.4 is 5.32 Å². The fourth-order valence-electron chi connectivity index (χ4n) is 1.97. The summed E-state index contributed by atoms with van der Waals surface area (Å²) in [5.41, 5.74) is 0. The topological polar surface area (TPSA) is 67.9 Å². The summed E-state index contributed by atoms with van der Waals surface area (Å²) < 4.78 is 9.86. The van der Waals surface area contributed by atoms with Crippen molar-refractivity contribution in [2.45, 2.75) is 32.2 Å². The van der Waals surface area contributed by atoms with Crippen molar-refractivity contribution in [3.8, 4) is 0 Å². The van der Waals surface area contributed by atoms with Crippen molar-refractivity contribution < 1.29 is 19.1 Å². The predicted molar refractivity (Wildman–Crippen MR) is 70.7 cm³/mol. The molecule has 19 heavy (non-hydrogen) atoms. The third-order valence-corrected chi connectivity index (χ3v) is 3.26. The maximum Gasteiger partial charge on any atom is 0.307 e. The number of esters is 1. The summed E-state index contributed by atoms with van der Waals surface area (Å²) in [5, 5.41) is 2.87. The van der Waals surface area contributed by atoms with Crippen LogP contribution >= 0.6 is 0 Å². The van der Waals surface area contributed by atoms with Gasteiger partial charge in [-0.2, -0.15) is 0 Å². The van der Waals surface area contributed by atoms with Crippen LogP contribution in [0.5, 0.6) is 0 Å². The minimum Gasteiger partial charge on any atom is -0.469 e. The summed E-state index contributed by atoms with van der Waals surface area (Å²) in [6.45, 7) is 5.92. The molecule has 0 saturated carbocycles. The van der Waals surface area contributed by atoms with Crippen molar-refractivity contribution in [1.29, 1.82) is 0 Å². The van der Waals surface area contributed by atoms with Crippen LogP contribution in [0, 0.1) is 0 Å². The number of amides is 1. The van der Waals surface area contributed by atoms with Gasteiger partial charge in [0.15, 0.2) is 0 Å². The molecule has 1 aliphatic heterocycles. The lowest BCUT2D eigenvalue weighted by molar-refractivity contribution is -0.141. The number of rotatable bonds is 7. The van der Waals surface area contributed by atoms with Crippen LogP contribution in [0.15, 0.2) is 0 Å². The van der Waals surface area contributed by atoms with Gasteiger partial charge in [-0.05, 0) is 6.42 Å². The fourth-order valence-corrected chi connectivity index (χ4v) is 1.97. The Balaban J connectivity index is 2.22. The zero-order valence-electron chi connectivity index (χ0n) is 11.8. The number of carbonyl (C=O) groups is 2. The highest BCUT2D eigenvalue weighted by Crippen LogP contribution is 2.02. The van der Waals surface area contributed by atoms with Crippen LogP contribution in [0.4, 0.5) is 0 Å². The first-order valence-corrected chi connectivity index (χ1v) is 6.82. The number of hydrogen-bond acceptors (Lipinski definition) is 5. The van der Waals surface area contributed by atoms with E-state index in [-0.39, 0.29) is 24.3 Å². The second-order valence-electron chi connectivity index (χ2n) is 4.66. The molecule has 1 saturated heterocycles. The molecule has 1 aliphatic rings. The molecule has 110 valence electrons. The standard InChI is InChI=1S/C13H24N2O4/c1-3-11(10-13(17)18-2)14-12(16)4-5-15-6-8-19-9-7-15/h11H,3-10H2,1-2H3,(H,14,16). The van der Waals surface area contributed by atoms with Crippen LogP contribution in [-0.4, -0.2) is 62.8 Å². The Bertz CT molecular complexity index is 290. The van der Waals surface area contributed by atoms with E-state index in [1.807, 2.05) is 6.92 Å². The summed E-state index contributed by atoms with van der Waals surface area (Å²) in [6, 6.07) is -0.135. The molecule has 6 heteroatoms. The third kappa shape index (κ3) is 6.54. The van der Waals surface area contributed by atoms with Gasteiger partial charge >= 0.3 is 5.97 Å². The summed E-state index contributed by atoms with van der Waals surface area (Å²) in [6.07, 6.45) is 1.41. The smallest absolute Gasteiger partial charge is 0.307 e. The van der Waals surface area contributed by atoms with Gasteiger partial charge in [-0.1, -0.05) is 6.92 Å². The molecule has 6 nitrogen and oxygen atoms in total. The van der Waals surface area contributed by atoms with Crippen LogP contribution in [-0.2, 0) is 19.1 Å². The van der Waals surface area contributed by atoms with Crippen molar-refractivity contribution in [3.05, 3.63) is 0 Å². The second kappa shape index (κ2) is 8.87. The molecular formula is C13H24N2O4. The molecule has 0 radical (unpaired) electrons. The quantitative estimate of drug-likeness (QED) is 0.669. The van der Waals surface area contributed by atoms with Crippen molar-refractivity contribution >= 4 is 11.9 Å². The first kappa shape index (κ1) is 15.9. The summed E-state index contributed by atoms with van der Waals surface area (Å²) in [7, 11) is 1.36. The van der Waals surface area contributed by atoms with Crippen molar-refractivity contribution in [2.24, 2.45) is 0 Å². The van der Waals surface area contributed by atoms with Gasteiger partial charge in [-0.15, -0.1) is 0 Å². The average molecular weight is 272 g/mol. The minimum atomic E-state index is -0.291. The first-order chi connectivity index (χ1) is 9.15. The second-order valence-corrected chi connectivity index (χ2v) is 4.66. The number of carbonyl (C=O) groups excluding carboxylic acids is 2. The Hall–Kier alpha value is -1.14. The predicted octanol–water partition coefficient (Wildman–Crippen LogP) is 0.167. The number of hydrogen-bond donors (Lipinski definition) is 1. The number of nitrogens with one attached hydrogen (secondary N) is 1. The molecule has 0 aliphatic carbocycles. The van der Waals surface area contributed by atoms with Crippen molar-refractivity contribution in [3.63, 3.8) is 0 Å². The molecule has 0 aromatic heterocycles. The molecule has 1 atom stereocenters. The van der Waals surface area contributed by atoms with Gasteiger partial charge in [0.05, 0.1) is 26.7 Å². The fraction of sp³-hybridized carbons (Fsp3) is 0.846. The number of ether oxygens (including phenoxy) is 2. The van der Waals surface area contributed by atoms with Crippen LogP contribution in [0.2, 0.25) is 0 Å². The molecule has 0 bridgehead atoms. The van der Waals surface area contributed by atoms with E-state index in [0.29, 0.717) is 6.42 Å². The van der Waals surface area contributed by atoms with Gasteiger partial charge < -0.3 is 14.8 Å². The number of morpholine rings is 1. The zero-order chi connectivity index (χ0) is 14.1. The molecule has 1 N–H and O–H groups in total. The molecule has 0 spiro atoms. The third-order valence-electron chi connectivity index (χ3n) is 3.26. The van der Waals surface area contributed by atoms with E-state index in [4.69, 9.17) is 4.74 Å². The molecule has 1 amide bonds. The average Bonchev–Trinajstić information content (AvgIpc) is 2.45. The van der Waals surface area contributed by atoms with E-state index < -0.39 is 0 Å². The van der Waals surface area contributed by atoms with Crippen LogP contribution in [0.3, 0.4) is 0 Å². The molecule has 1 rings (SSSR count). The van der Waals surface area contributed by atoms with Crippen molar-refractivity contribution in [2.75, 3.05) is 40.0 Å². The minimum absolute atomic E-state index is 0.0118. The number of nitrogens with zero attached hydrogens (tertiary/aromatic N) is 1. The Kier molecular flexibility index (Phi) is 7.43. The lowest BCUT2D eigenvalue weighted by atomic mass is 10.1. The van der Waals surface area contributed by atoms with Crippen LogP contribution in [0.25, 0.3) is 0 Å². The van der Waals surface area contributed by atoms with E-state index in [2.05, 4.69) is 15.0 Å². The maximum absolute atomic E-state index is 11.8. The normalized spacial score (nSPS) is 17.8. The van der Waals surface area contributed by atoms with E-state index in [1.54, 1.807) is 0 Å². The van der Waals surface area contributed by atoms with Gasteiger partial charge in [-0.3, -0.25) is 14.5 Å². The molecule has 0 aromatic rings. The summed E-state index contributed by atoms with van der Waals surface area (Å²) in [4.78, 5) is 25.2. The van der Waals surface area contributed by atoms with E-state index in [0.717, 1.165) is 39.3 Å². The lowest BCUT2D eigenvalue weighted by Crippen LogP contribution is -2.41. The molecular weight excluding hydrogens is 248 g/mol. The van der Waals surface area contributed by atoms with Gasteiger partial charge in [-0.25, -0.2) is 0 Å². The highest BCUT2D eigenvalue weighted by molar-refractivity contribution is 5.77. The van der Waals surface area contributed by atoms with Gasteiger partial charge in [0.25, 0.3) is 0 Å². The highest BCUT2D eigenvalue weighted by Gasteiger charge is 2.16. The Labute approximate surface area is 114 Å². The first-order valence-electron chi connectivity index (χ1n) is 6.82. The maximum atomic E-state index is 11.8. The summed E-state index contributed by atoms with van der Waals surface area (Å²) in [5.74, 6) is -0.303. The largest absolute Gasteiger partial charge is 0.469 e. The van der Waals surface area contributed by atoms with E-state index in [9.17, 15) is 9.59 Å². The molecule has 0 aromatic carbocycles. The SMILES string of the molecule is CCC(CC(=O)OC)NC(=O)CCN1CCOCC1. The van der Waals surface area contributed by atoms with Gasteiger partial charge in [0, 0.05) is 32.1 Å². The zero-order valence-corrected chi connectivity index (χ0v) is 11.8. The highest BCUT2D eigenvalue weighted by atomic mass is 16.5. The van der Waals surface area contributed by atoms with E-state index in [1.165, 1.54) is 7.11 Å². The van der Waals surface area contributed by atoms with Crippen LogP contribution in [0.1, 0.15) is 26.2 Å². The molecule has 1 fully saturated rings. The Morgan fingerprint density at radius 2 is 2.05 bits per heavy atom. The summed E-state index contributed by atoms with van der Waals surface area (Å²) >= 11 is 0. The lowest BCUT2D eigenvalue weighted by Gasteiger charge is -2.26. The molecule has 1 unspecified atom stereocenters. The Morgan fingerprint density at radius 3 is 2.63 bits per heavy atom. The van der Waals surface area contributed by atoms with Gasteiger partial charge in [0.2, 0.25) is 5.91 Å². The Morgan fingerprint density at radius 1 is 1.37 bits per heavy atom. The monoisotopic (exact) mass is 272 g/mol. The van der Waals surface area contributed by atoms with E-state index >= 15 is 0 Å².